The monoisotopic (exact) mass is 298 g/mol. The van der Waals surface area contributed by atoms with Crippen LogP contribution in [0.15, 0.2) is 36.0 Å². The Balaban J connectivity index is 3.40. The Morgan fingerprint density at radius 3 is 1.81 bits per heavy atom. The van der Waals surface area contributed by atoms with Gasteiger partial charge in [0.05, 0.1) is 0 Å². The second-order valence-electron chi connectivity index (χ2n) is 3.92. The van der Waals surface area contributed by atoms with Gasteiger partial charge in [-0.1, -0.05) is 36.6 Å². The lowest BCUT2D eigenvalue weighted by Gasteiger charge is -2.03. The van der Waals surface area contributed by atoms with Gasteiger partial charge in [0.1, 0.15) is 5.56 Å². The largest absolute Gasteiger partial charge is 0.202 e. The smallest absolute Gasteiger partial charge is 0.200 e. The zero-order valence-electron chi connectivity index (χ0n) is 11.3. The van der Waals surface area contributed by atoms with E-state index in [1.165, 1.54) is 6.08 Å². The van der Waals surface area contributed by atoms with E-state index >= 15 is 0 Å². The molecule has 0 atom stereocenters. The highest BCUT2D eigenvalue weighted by molar-refractivity contribution is 5.52. The number of halogens is 5. The van der Waals surface area contributed by atoms with Gasteiger partial charge in [-0.3, -0.25) is 0 Å². The molecule has 0 aromatic heterocycles. The SMILES string of the molecule is C=C(/C=C\C)/C(C#Cc1c(F)c(F)c(F)c(F)c1F)=C\C. The molecule has 0 heterocycles. The zero-order valence-corrected chi connectivity index (χ0v) is 11.3. The summed E-state index contributed by atoms with van der Waals surface area (Å²) in [4.78, 5) is 0. The van der Waals surface area contributed by atoms with Crippen LogP contribution in [0.2, 0.25) is 0 Å². The van der Waals surface area contributed by atoms with Crippen molar-refractivity contribution in [3.05, 3.63) is 70.6 Å². The quantitative estimate of drug-likeness (QED) is 0.242. The average molecular weight is 298 g/mol. The van der Waals surface area contributed by atoms with Crippen molar-refractivity contribution in [2.24, 2.45) is 0 Å². The molecule has 1 aromatic rings. The average Bonchev–Trinajstić information content (AvgIpc) is 2.47. The molecule has 0 saturated carbocycles. The molecule has 1 aromatic carbocycles. The third-order valence-electron chi connectivity index (χ3n) is 2.53. The van der Waals surface area contributed by atoms with E-state index in [9.17, 15) is 22.0 Å². The van der Waals surface area contributed by atoms with Crippen molar-refractivity contribution in [1.29, 1.82) is 0 Å². The Hall–Kier alpha value is -2.35. The first-order chi connectivity index (χ1) is 9.84. The van der Waals surface area contributed by atoms with Gasteiger partial charge in [0, 0.05) is 5.57 Å². The van der Waals surface area contributed by atoms with Crippen LogP contribution in [0, 0.1) is 40.9 Å². The molecular weight excluding hydrogens is 287 g/mol. The Morgan fingerprint density at radius 2 is 1.38 bits per heavy atom. The molecule has 21 heavy (non-hydrogen) atoms. The van der Waals surface area contributed by atoms with Crippen LogP contribution >= 0.6 is 0 Å². The first-order valence-corrected chi connectivity index (χ1v) is 5.86. The molecular formula is C16H11F5. The van der Waals surface area contributed by atoms with E-state index in [4.69, 9.17) is 0 Å². The fourth-order valence-corrected chi connectivity index (χ4v) is 1.47. The lowest BCUT2D eigenvalue weighted by atomic mass is 10.1. The summed E-state index contributed by atoms with van der Waals surface area (Å²) in [6.45, 7) is 7.01. The van der Waals surface area contributed by atoms with Gasteiger partial charge in [0.2, 0.25) is 5.82 Å². The summed E-state index contributed by atoms with van der Waals surface area (Å²) in [6, 6.07) is 0. The van der Waals surface area contributed by atoms with Crippen molar-refractivity contribution in [3.8, 4) is 11.8 Å². The minimum absolute atomic E-state index is 0.317. The van der Waals surface area contributed by atoms with Gasteiger partial charge in [-0.25, -0.2) is 22.0 Å². The van der Waals surface area contributed by atoms with E-state index in [0.717, 1.165) is 0 Å². The first-order valence-electron chi connectivity index (χ1n) is 5.86. The normalized spacial score (nSPS) is 11.5. The fraction of sp³-hybridized carbons (Fsp3) is 0.125. The maximum Gasteiger partial charge on any atom is 0.200 e. The fourth-order valence-electron chi connectivity index (χ4n) is 1.47. The predicted octanol–water partition coefficient (Wildman–Crippen LogP) is 4.81. The molecule has 0 fully saturated rings. The molecule has 110 valence electrons. The highest BCUT2D eigenvalue weighted by atomic mass is 19.2. The lowest BCUT2D eigenvalue weighted by Crippen LogP contribution is -2.04. The summed E-state index contributed by atoms with van der Waals surface area (Å²) in [5.74, 6) is -5.83. The summed E-state index contributed by atoms with van der Waals surface area (Å²) in [5, 5.41) is 0. The number of hydrogen-bond donors (Lipinski definition) is 0. The summed E-state index contributed by atoms with van der Waals surface area (Å²) < 4.78 is 65.8. The van der Waals surface area contributed by atoms with Crippen LogP contribution in [-0.4, -0.2) is 0 Å². The van der Waals surface area contributed by atoms with Crippen molar-refractivity contribution in [1.82, 2.24) is 0 Å². The molecule has 0 saturated heterocycles. The highest BCUT2D eigenvalue weighted by Crippen LogP contribution is 2.22. The van der Waals surface area contributed by atoms with Gasteiger partial charge in [-0.15, -0.1) is 0 Å². The van der Waals surface area contributed by atoms with Crippen LogP contribution in [0.5, 0.6) is 0 Å². The minimum Gasteiger partial charge on any atom is -0.202 e. The number of rotatable bonds is 2. The topological polar surface area (TPSA) is 0 Å². The maximum absolute atomic E-state index is 13.4. The van der Waals surface area contributed by atoms with Gasteiger partial charge in [-0.05, 0) is 19.4 Å². The van der Waals surface area contributed by atoms with Crippen molar-refractivity contribution in [3.63, 3.8) is 0 Å². The highest BCUT2D eigenvalue weighted by Gasteiger charge is 2.24. The Labute approximate surface area is 119 Å². The van der Waals surface area contributed by atoms with Crippen molar-refractivity contribution in [2.75, 3.05) is 0 Å². The molecule has 0 aliphatic carbocycles. The van der Waals surface area contributed by atoms with Gasteiger partial charge < -0.3 is 0 Å². The standard InChI is InChI=1S/C16H11F5/c1-4-6-9(3)10(5-2)7-8-11-12(17)14(19)16(21)15(20)13(11)18/h4-6H,3H2,1-2H3/b6-4-,10-5-. The van der Waals surface area contributed by atoms with E-state index in [0.29, 0.717) is 11.1 Å². The summed E-state index contributed by atoms with van der Waals surface area (Å²) in [7, 11) is 0. The molecule has 0 N–H and O–H groups in total. The van der Waals surface area contributed by atoms with Gasteiger partial charge in [0.25, 0.3) is 0 Å². The molecule has 0 nitrogen and oxygen atoms in total. The summed E-state index contributed by atoms with van der Waals surface area (Å²) >= 11 is 0. The van der Waals surface area contributed by atoms with Crippen LogP contribution in [0.3, 0.4) is 0 Å². The Bertz CT molecular complexity index is 671. The van der Waals surface area contributed by atoms with E-state index in [-0.39, 0.29) is 0 Å². The predicted molar refractivity (Wildman–Crippen MR) is 70.8 cm³/mol. The minimum atomic E-state index is -2.21. The molecule has 1 rings (SSSR count). The van der Waals surface area contributed by atoms with E-state index in [2.05, 4.69) is 12.5 Å². The van der Waals surface area contributed by atoms with Crippen LogP contribution in [0.25, 0.3) is 0 Å². The number of benzene rings is 1. The molecule has 0 bridgehead atoms. The van der Waals surface area contributed by atoms with Crippen molar-refractivity contribution in [2.45, 2.75) is 13.8 Å². The second kappa shape index (κ2) is 6.89. The maximum atomic E-state index is 13.4. The zero-order chi connectivity index (χ0) is 16.2. The van der Waals surface area contributed by atoms with Crippen LogP contribution < -0.4 is 0 Å². The Morgan fingerprint density at radius 1 is 0.905 bits per heavy atom. The molecule has 0 amide bonds. The molecule has 0 unspecified atom stereocenters. The third kappa shape index (κ3) is 3.40. The van der Waals surface area contributed by atoms with E-state index in [1.807, 2.05) is 5.92 Å². The van der Waals surface area contributed by atoms with Crippen molar-refractivity contribution >= 4 is 0 Å². The summed E-state index contributed by atoms with van der Waals surface area (Å²) in [5.41, 5.74) is -0.396. The van der Waals surface area contributed by atoms with Crippen LogP contribution in [0.1, 0.15) is 19.4 Å². The number of hydrogen-bond acceptors (Lipinski definition) is 0. The van der Waals surface area contributed by atoms with Gasteiger partial charge >= 0.3 is 0 Å². The van der Waals surface area contributed by atoms with Crippen molar-refractivity contribution < 1.29 is 22.0 Å². The first kappa shape index (κ1) is 16.7. The van der Waals surface area contributed by atoms with E-state index < -0.39 is 34.6 Å². The molecule has 0 radical (unpaired) electrons. The van der Waals surface area contributed by atoms with Gasteiger partial charge in [-0.2, -0.15) is 0 Å². The number of allylic oxidation sites excluding steroid dienone is 5. The second-order valence-corrected chi connectivity index (χ2v) is 3.92. The molecule has 0 aliphatic heterocycles. The van der Waals surface area contributed by atoms with Gasteiger partial charge in [0.15, 0.2) is 23.3 Å². The lowest BCUT2D eigenvalue weighted by molar-refractivity contribution is 0.376. The molecule has 5 heteroatoms. The van der Waals surface area contributed by atoms with E-state index in [1.54, 1.807) is 26.0 Å². The summed E-state index contributed by atoms with van der Waals surface area (Å²) in [6.07, 6.45) is 4.79. The van der Waals surface area contributed by atoms with Crippen LogP contribution in [-0.2, 0) is 0 Å². The Kier molecular flexibility index (Phi) is 5.48. The van der Waals surface area contributed by atoms with Crippen LogP contribution in [0.4, 0.5) is 22.0 Å². The molecule has 0 aliphatic rings. The third-order valence-corrected chi connectivity index (χ3v) is 2.53. The molecule has 0 spiro atoms.